The van der Waals surface area contributed by atoms with Crippen LogP contribution in [0, 0.1) is 0 Å². The molecule has 0 aliphatic carbocycles. The first-order valence-corrected chi connectivity index (χ1v) is 9.81. The van der Waals surface area contributed by atoms with Crippen LogP contribution < -0.4 is 11.1 Å². The molecule has 2 aromatic carbocycles. The van der Waals surface area contributed by atoms with Crippen LogP contribution in [-0.2, 0) is 14.6 Å². The summed E-state index contributed by atoms with van der Waals surface area (Å²) in [6.45, 7) is 1.26. The molecule has 9 heteroatoms. The van der Waals surface area contributed by atoms with Gasteiger partial charge in [0.05, 0.1) is 10.9 Å². The van der Waals surface area contributed by atoms with Crippen molar-refractivity contribution in [3.8, 4) is 11.1 Å². The maximum Gasteiger partial charge on any atom is 0.407 e. The summed E-state index contributed by atoms with van der Waals surface area (Å²) in [4.78, 5) is 11.2. The van der Waals surface area contributed by atoms with Crippen molar-refractivity contribution in [2.24, 2.45) is 5.73 Å². The predicted molar refractivity (Wildman–Crippen MR) is 95.6 cm³/mol. The molecule has 1 amide bonds. The van der Waals surface area contributed by atoms with Gasteiger partial charge >= 0.3 is 6.18 Å². The first-order valence-electron chi connectivity index (χ1n) is 7.92. The largest absolute Gasteiger partial charge is 0.407 e. The van der Waals surface area contributed by atoms with Crippen LogP contribution in [0.5, 0.6) is 0 Å². The van der Waals surface area contributed by atoms with E-state index in [9.17, 15) is 26.4 Å². The summed E-state index contributed by atoms with van der Waals surface area (Å²) in [5.41, 5.74) is 6.26. The Morgan fingerprint density at radius 3 is 1.81 bits per heavy atom. The van der Waals surface area contributed by atoms with Gasteiger partial charge in [0.15, 0.2) is 9.84 Å². The van der Waals surface area contributed by atoms with E-state index >= 15 is 0 Å². The molecule has 0 bridgehead atoms. The summed E-state index contributed by atoms with van der Waals surface area (Å²) in [5.74, 6) is -0.883. The molecule has 2 rings (SSSR count). The summed E-state index contributed by atoms with van der Waals surface area (Å²) >= 11 is 0. The minimum atomic E-state index is -4.61. The Balaban J connectivity index is 2.30. The fraction of sp³-hybridized carbons (Fsp3) is 0.278. The van der Waals surface area contributed by atoms with Crippen LogP contribution in [0.15, 0.2) is 53.4 Å². The van der Waals surface area contributed by atoms with E-state index in [1.54, 1.807) is 12.1 Å². The van der Waals surface area contributed by atoms with Crippen LogP contribution in [0.4, 0.5) is 13.2 Å². The number of benzene rings is 2. The van der Waals surface area contributed by atoms with Gasteiger partial charge in [0.1, 0.15) is 6.04 Å². The highest BCUT2D eigenvalue weighted by Gasteiger charge is 2.41. The molecule has 27 heavy (non-hydrogen) atoms. The average Bonchev–Trinajstić information content (AvgIpc) is 2.58. The molecule has 2 aromatic rings. The fourth-order valence-corrected chi connectivity index (χ4v) is 3.10. The van der Waals surface area contributed by atoms with Gasteiger partial charge in [-0.2, -0.15) is 13.2 Å². The van der Waals surface area contributed by atoms with Gasteiger partial charge in [-0.3, -0.25) is 10.1 Å². The SMILES string of the molecule is C[C@H](NC(c1ccc(-c2ccc(S(C)(=O)=O)cc2)cc1)C(F)(F)F)C(N)=O. The summed E-state index contributed by atoms with van der Waals surface area (Å²) in [6.07, 6.45) is -3.52. The van der Waals surface area contributed by atoms with E-state index in [0.29, 0.717) is 11.1 Å². The maximum absolute atomic E-state index is 13.3. The van der Waals surface area contributed by atoms with E-state index in [2.05, 4.69) is 5.32 Å². The summed E-state index contributed by atoms with van der Waals surface area (Å²) in [7, 11) is -3.33. The molecule has 146 valence electrons. The molecule has 0 spiro atoms. The number of halogens is 3. The Kier molecular flexibility index (Phi) is 5.96. The molecule has 3 N–H and O–H groups in total. The third-order valence-corrected chi connectivity index (χ3v) is 5.16. The van der Waals surface area contributed by atoms with Crippen molar-refractivity contribution in [1.82, 2.24) is 5.32 Å². The van der Waals surface area contributed by atoms with Crippen molar-refractivity contribution >= 4 is 15.7 Å². The minimum Gasteiger partial charge on any atom is -0.368 e. The lowest BCUT2D eigenvalue weighted by Crippen LogP contribution is -2.45. The number of alkyl halides is 3. The minimum absolute atomic E-state index is 0.0629. The molecule has 1 unspecified atom stereocenters. The number of hydrogen-bond donors (Lipinski definition) is 2. The quantitative estimate of drug-likeness (QED) is 0.780. The van der Waals surface area contributed by atoms with Crippen LogP contribution in [0.3, 0.4) is 0 Å². The Morgan fingerprint density at radius 1 is 1.00 bits per heavy atom. The molecule has 0 saturated carbocycles. The lowest BCUT2D eigenvalue weighted by Gasteiger charge is -2.24. The smallest absolute Gasteiger partial charge is 0.368 e. The lowest BCUT2D eigenvalue weighted by atomic mass is 10.00. The number of sulfone groups is 1. The van der Waals surface area contributed by atoms with E-state index in [4.69, 9.17) is 5.73 Å². The number of carbonyl (C=O) groups excluding carboxylic acids is 1. The number of primary amides is 1. The first kappa shape index (κ1) is 20.9. The molecule has 0 aliphatic rings. The van der Waals surface area contributed by atoms with Crippen molar-refractivity contribution in [3.05, 3.63) is 54.1 Å². The Labute approximate surface area is 155 Å². The average molecular weight is 400 g/mol. The maximum atomic E-state index is 13.3. The molecular weight excluding hydrogens is 381 g/mol. The van der Waals surface area contributed by atoms with Crippen molar-refractivity contribution in [2.75, 3.05) is 6.26 Å². The second kappa shape index (κ2) is 7.69. The van der Waals surface area contributed by atoms with E-state index in [0.717, 1.165) is 6.26 Å². The standard InChI is InChI=1S/C18H19F3N2O3S/c1-11(17(22)24)23-16(18(19,20)21)14-5-3-12(4-6-14)13-7-9-15(10-8-13)27(2,25)26/h3-11,16,23H,1-2H3,(H2,22,24)/t11-,16?/m0/s1. The molecule has 0 aliphatic heterocycles. The summed E-state index contributed by atoms with van der Waals surface area (Å²) < 4.78 is 63.0. The van der Waals surface area contributed by atoms with Crippen molar-refractivity contribution in [1.29, 1.82) is 0 Å². The van der Waals surface area contributed by atoms with Gasteiger partial charge in [0.2, 0.25) is 5.91 Å². The van der Waals surface area contributed by atoms with Crippen molar-refractivity contribution < 1.29 is 26.4 Å². The van der Waals surface area contributed by atoms with Gasteiger partial charge in [-0.1, -0.05) is 36.4 Å². The Hall–Kier alpha value is -2.39. The highest BCUT2D eigenvalue weighted by Crippen LogP contribution is 2.34. The van der Waals surface area contributed by atoms with Crippen molar-refractivity contribution in [2.45, 2.75) is 30.1 Å². The number of rotatable bonds is 6. The number of hydrogen-bond acceptors (Lipinski definition) is 4. The number of carbonyl (C=O) groups is 1. The summed E-state index contributed by atoms with van der Waals surface area (Å²) in [5, 5.41) is 2.19. The molecule has 2 atom stereocenters. The molecule has 0 fully saturated rings. The van der Waals surface area contributed by atoms with Crippen LogP contribution in [-0.4, -0.2) is 32.8 Å². The van der Waals surface area contributed by atoms with Crippen molar-refractivity contribution in [3.63, 3.8) is 0 Å². The van der Waals surface area contributed by atoms with Gasteiger partial charge in [-0.25, -0.2) is 8.42 Å². The van der Waals surface area contributed by atoms with Crippen LogP contribution in [0.1, 0.15) is 18.5 Å². The van der Waals surface area contributed by atoms with E-state index in [-0.39, 0.29) is 10.5 Å². The molecule has 0 aromatic heterocycles. The lowest BCUT2D eigenvalue weighted by molar-refractivity contribution is -0.160. The Bertz CT molecular complexity index is 908. The zero-order valence-electron chi connectivity index (χ0n) is 14.6. The summed E-state index contributed by atoms with van der Waals surface area (Å²) in [6, 6.07) is 8.46. The van der Waals surface area contributed by atoms with E-state index < -0.39 is 34.0 Å². The van der Waals surface area contributed by atoms with E-state index in [1.807, 2.05) is 0 Å². The topological polar surface area (TPSA) is 89.3 Å². The molecule has 0 radical (unpaired) electrons. The van der Waals surface area contributed by atoms with Gasteiger partial charge in [-0.05, 0) is 35.7 Å². The normalized spacial score (nSPS) is 14.6. The highest BCUT2D eigenvalue weighted by atomic mass is 32.2. The van der Waals surface area contributed by atoms with E-state index in [1.165, 1.54) is 43.3 Å². The van der Waals surface area contributed by atoms with Gasteiger partial charge < -0.3 is 5.73 Å². The zero-order valence-corrected chi connectivity index (χ0v) is 15.4. The van der Waals surface area contributed by atoms with Gasteiger partial charge in [0, 0.05) is 6.26 Å². The molecule has 0 heterocycles. The first-order chi connectivity index (χ1) is 12.4. The highest BCUT2D eigenvalue weighted by molar-refractivity contribution is 7.90. The number of nitrogens with one attached hydrogen (secondary N) is 1. The molecular formula is C18H19F3N2O3S. The van der Waals surface area contributed by atoms with Crippen LogP contribution in [0.2, 0.25) is 0 Å². The predicted octanol–water partition coefficient (Wildman–Crippen LogP) is 2.82. The second-order valence-electron chi connectivity index (χ2n) is 6.18. The zero-order chi connectivity index (χ0) is 20.4. The van der Waals surface area contributed by atoms with Crippen LogP contribution >= 0.6 is 0 Å². The third kappa shape index (κ3) is 5.30. The number of nitrogens with two attached hydrogens (primary N) is 1. The van der Waals surface area contributed by atoms with Crippen LogP contribution in [0.25, 0.3) is 11.1 Å². The van der Waals surface area contributed by atoms with Gasteiger partial charge in [-0.15, -0.1) is 0 Å². The Morgan fingerprint density at radius 2 is 1.44 bits per heavy atom. The second-order valence-corrected chi connectivity index (χ2v) is 8.20. The molecule has 0 saturated heterocycles. The third-order valence-electron chi connectivity index (χ3n) is 4.03. The fourth-order valence-electron chi connectivity index (χ4n) is 2.47. The van der Waals surface area contributed by atoms with Gasteiger partial charge in [0.25, 0.3) is 0 Å². The monoisotopic (exact) mass is 400 g/mol. The molecule has 5 nitrogen and oxygen atoms in total. The number of amides is 1.